The van der Waals surface area contributed by atoms with Gasteiger partial charge in [-0.05, 0) is 37.3 Å². The van der Waals surface area contributed by atoms with Crippen molar-refractivity contribution in [2.24, 2.45) is 5.73 Å². The van der Waals surface area contributed by atoms with E-state index in [1.165, 1.54) is 37.1 Å². The summed E-state index contributed by atoms with van der Waals surface area (Å²) in [4.78, 5) is 2.51. The van der Waals surface area contributed by atoms with Crippen LogP contribution in [0.2, 0.25) is 0 Å². The summed E-state index contributed by atoms with van der Waals surface area (Å²) in [6, 6.07) is 8.80. The van der Waals surface area contributed by atoms with Crippen molar-refractivity contribution in [3.8, 4) is 0 Å². The molecule has 2 rings (SSSR count). The Bertz CT molecular complexity index is 354. The lowest BCUT2D eigenvalue weighted by atomic mass is 10.1. The molecule has 3 heteroatoms. The minimum atomic E-state index is 0.618. The van der Waals surface area contributed by atoms with Crippen LogP contribution in [0.5, 0.6) is 0 Å². The van der Waals surface area contributed by atoms with Crippen LogP contribution in [0.15, 0.2) is 24.3 Å². The molecule has 1 heterocycles. The second-order valence-corrected chi connectivity index (χ2v) is 4.83. The zero-order chi connectivity index (χ0) is 12.6. The quantitative estimate of drug-likeness (QED) is 0.784. The molecule has 3 nitrogen and oxygen atoms in total. The van der Waals surface area contributed by atoms with Gasteiger partial charge in [0, 0.05) is 31.9 Å². The number of hydrogen-bond acceptors (Lipinski definition) is 3. The third-order valence-electron chi connectivity index (χ3n) is 3.44. The molecule has 0 saturated heterocycles. The number of para-hydroxylation sites is 1. The molecule has 0 fully saturated rings. The Hall–Kier alpha value is -1.06. The summed E-state index contributed by atoms with van der Waals surface area (Å²) < 4.78 is 5.44. The van der Waals surface area contributed by atoms with E-state index in [-0.39, 0.29) is 0 Å². The van der Waals surface area contributed by atoms with Gasteiger partial charge in [0.25, 0.3) is 0 Å². The molecule has 1 aliphatic heterocycles. The molecular formula is C15H24N2O. The first-order valence-corrected chi connectivity index (χ1v) is 7.02. The maximum atomic E-state index is 5.44. The number of nitrogens with zero attached hydrogens (tertiary/aromatic N) is 1. The van der Waals surface area contributed by atoms with E-state index in [0.29, 0.717) is 13.2 Å². The van der Waals surface area contributed by atoms with E-state index >= 15 is 0 Å². The summed E-state index contributed by atoms with van der Waals surface area (Å²) >= 11 is 0. The predicted octanol–water partition coefficient (Wildman–Crippen LogP) is 2.19. The van der Waals surface area contributed by atoms with E-state index in [1.807, 2.05) is 0 Å². The van der Waals surface area contributed by atoms with Crippen LogP contribution in [0.3, 0.4) is 0 Å². The maximum Gasteiger partial charge on any atom is 0.0588 e. The first-order chi connectivity index (χ1) is 8.92. The van der Waals surface area contributed by atoms with E-state index in [0.717, 1.165) is 19.6 Å². The van der Waals surface area contributed by atoms with Crippen molar-refractivity contribution in [3.05, 3.63) is 29.8 Å². The minimum absolute atomic E-state index is 0.618. The third-order valence-corrected chi connectivity index (χ3v) is 3.44. The molecule has 0 spiro atoms. The maximum absolute atomic E-state index is 5.44. The van der Waals surface area contributed by atoms with Crippen LogP contribution < -0.4 is 10.6 Å². The third kappa shape index (κ3) is 3.72. The Morgan fingerprint density at radius 1 is 1.17 bits per heavy atom. The molecule has 0 bridgehead atoms. The normalized spacial score (nSPS) is 15.3. The van der Waals surface area contributed by atoms with E-state index < -0.39 is 0 Å². The summed E-state index contributed by atoms with van der Waals surface area (Å²) in [6.07, 6.45) is 4.89. The highest BCUT2D eigenvalue weighted by Crippen LogP contribution is 2.25. The minimum Gasteiger partial charge on any atom is -0.380 e. The Balaban J connectivity index is 1.88. The summed E-state index contributed by atoms with van der Waals surface area (Å²) in [5, 5.41) is 0. The molecular weight excluding hydrogens is 224 g/mol. The van der Waals surface area contributed by atoms with Crippen LogP contribution in [0, 0.1) is 0 Å². The molecule has 0 radical (unpaired) electrons. The average molecular weight is 248 g/mol. The van der Waals surface area contributed by atoms with Gasteiger partial charge in [-0.15, -0.1) is 0 Å². The van der Waals surface area contributed by atoms with Gasteiger partial charge in [0.05, 0.1) is 6.61 Å². The first-order valence-electron chi connectivity index (χ1n) is 7.02. The van der Waals surface area contributed by atoms with Crippen molar-refractivity contribution in [1.29, 1.82) is 0 Å². The number of benzene rings is 1. The molecule has 100 valence electrons. The van der Waals surface area contributed by atoms with Crippen LogP contribution >= 0.6 is 0 Å². The highest BCUT2D eigenvalue weighted by Gasteiger charge is 2.13. The monoisotopic (exact) mass is 248 g/mol. The van der Waals surface area contributed by atoms with Crippen molar-refractivity contribution < 1.29 is 4.74 Å². The fourth-order valence-corrected chi connectivity index (χ4v) is 2.54. The molecule has 18 heavy (non-hydrogen) atoms. The largest absolute Gasteiger partial charge is 0.380 e. The standard InChI is InChI=1S/C15H24N2O/c16-9-13-18-12-5-11-17-10-4-3-7-14-6-1-2-8-15(14)17/h1-2,6,8H,3-5,7,9-13,16H2. The molecule has 0 aliphatic carbocycles. The molecule has 0 amide bonds. The number of fused-ring (bicyclic) bond motifs is 1. The molecule has 0 saturated carbocycles. The zero-order valence-corrected chi connectivity index (χ0v) is 11.1. The van der Waals surface area contributed by atoms with Crippen molar-refractivity contribution in [1.82, 2.24) is 0 Å². The summed E-state index contributed by atoms with van der Waals surface area (Å²) in [5.74, 6) is 0. The molecule has 2 N–H and O–H groups in total. The van der Waals surface area contributed by atoms with E-state index in [9.17, 15) is 0 Å². The van der Waals surface area contributed by atoms with Gasteiger partial charge < -0.3 is 15.4 Å². The molecule has 1 aliphatic rings. The summed E-state index contributed by atoms with van der Waals surface area (Å²) in [5.41, 5.74) is 8.32. The van der Waals surface area contributed by atoms with Crippen molar-refractivity contribution in [2.75, 3.05) is 37.7 Å². The fourth-order valence-electron chi connectivity index (χ4n) is 2.54. The lowest BCUT2D eigenvalue weighted by Gasteiger charge is -2.24. The number of aryl methyl sites for hydroxylation is 1. The lowest BCUT2D eigenvalue weighted by molar-refractivity contribution is 0.140. The summed E-state index contributed by atoms with van der Waals surface area (Å²) in [7, 11) is 0. The van der Waals surface area contributed by atoms with Gasteiger partial charge in [-0.25, -0.2) is 0 Å². The zero-order valence-electron chi connectivity index (χ0n) is 11.1. The van der Waals surface area contributed by atoms with Gasteiger partial charge in [-0.1, -0.05) is 18.2 Å². The van der Waals surface area contributed by atoms with Crippen molar-refractivity contribution in [3.63, 3.8) is 0 Å². The van der Waals surface area contributed by atoms with Gasteiger partial charge >= 0.3 is 0 Å². The second-order valence-electron chi connectivity index (χ2n) is 4.83. The van der Waals surface area contributed by atoms with Crippen LogP contribution in [-0.2, 0) is 11.2 Å². The van der Waals surface area contributed by atoms with Crippen molar-refractivity contribution in [2.45, 2.75) is 25.7 Å². The average Bonchev–Trinajstić information content (AvgIpc) is 2.61. The molecule has 0 unspecified atom stereocenters. The topological polar surface area (TPSA) is 38.5 Å². The lowest BCUT2D eigenvalue weighted by Crippen LogP contribution is -2.26. The Morgan fingerprint density at radius 3 is 2.94 bits per heavy atom. The van der Waals surface area contributed by atoms with Crippen LogP contribution in [0.25, 0.3) is 0 Å². The van der Waals surface area contributed by atoms with Gasteiger partial charge in [-0.2, -0.15) is 0 Å². The van der Waals surface area contributed by atoms with Crippen molar-refractivity contribution >= 4 is 5.69 Å². The highest BCUT2D eigenvalue weighted by molar-refractivity contribution is 5.54. The number of hydrogen-bond donors (Lipinski definition) is 1. The number of rotatable bonds is 6. The Kier molecular flexibility index (Phi) is 5.49. The van der Waals surface area contributed by atoms with Gasteiger partial charge in [-0.3, -0.25) is 0 Å². The number of nitrogens with two attached hydrogens (primary N) is 1. The van der Waals surface area contributed by atoms with E-state index in [4.69, 9.17) is 10.5 Å². The van der Waals surface area contributed by atoms with Crippen LogP contribution in [0.4, 0.5) is 5.69 Å². The van der Waals surface area contributed by atoms with Gasteiger partial charge in [0.2, 0.25) is 0 Å². The first kappa shape index (κ1) is 13.4. The summed E-state index contributed by atoms with van der Waals surface area (Å²) in [6.45, 7) is 4.37. The highest BCUT2D eigenvalue weighted by atomic mass is 16.5. The van der Waals surface area contributed by atoms with Gasteiger partial charge in [0.1, 0.15) is 0 Å². The predicted molar refractivity (Wildman–Crippen MR) is 76.1 cm³/mol. The molecule has 0 aromatic heterocycles. The van der Waals surface area contributed by atoms with Crippen LogP contribution in [-0.4, -0.2) is 32.8 Å². The molecule has 0 atom stereocenters. The smallest absolute Gasteiger partial charge is 0.0588 e. The van der Waals surface area contributed by atoms with Gasteiger partial charge in [0.15, 0.2) is 0 Å². The molecule has 1 aromatic carbocycles. The number of anilines is 1. The van der Waals surface area contributed by atoms with E-state index in [2.05, 4.69) is 29.2 Å². The van der Waals surface area contributed by atoms with Crippen LogP contribution in [0.1, 0.15) is 24.8 Å². The Morgan fingerprint density at radius 2 is 2.06 bits per heavy atom. The number of ether oxygens (including phenoxy) is 1. The second kappa shape index (κ2) is 7.39. The SMILES string of the molecule is NCCOCCCN1CCCCc2ccccc21. The Labute approximate surface area is 110 Å². The molecule has 1 aromatic rings. The fraction of sp³-hybridized carbons (Fsp3) is 0.600. The van der Waals surface area contributed by atoms with E-state index in [1.54, 1.807) is 0 Å².